The fourth-order valence-corrected chi connectivity index (χ4v) is 0.976. The maximum Gasteiger partial charge on any atom is 0.333 e. The second-order valence-corrected chi connectivity index (χ2v) is 3.47. The average molecular weight is 223 g/mol. The molecule has 0 unspecified atom stereocenters. The van der Waals surface area contributed by atoms with E-state index in [9.17, 15) is 9.59 Å². The van der Waals surface area contributed by atoms with Crippen molar-refractivity contribution in [3.8, 4) is 0 Å². The maximum absolute atomic E-state index is 11.0. The highest BCUT2D eigenvalue weighted by molar-refractivity contribution is 6.35. The largest absolute Gasteiger partial charge is 0.463 e. The van der Waals surface area contributed by atoms with Crippen LogP contribution >= 0.6 is 0 Å². The third kappa shape index (κ3) is 7.85. The Morgan fingerprint density at radius 3 is 2.69 bits per heavy atom. The fraction of sp³-hybridized carbons (Fsp3) is 0.455. The minimum atomic E-state index is -0.347. The summed E-state index contributed by atoms with van der Waals surface area (Å²) in [6.45, 7) is 9.47. The Kier molecular flexibility index (Phi) is 7.94. The Hall–Kier alpha value is -1.52. The van der Waals surface area contributed by atoms with Crippen LogP contribution in [0.15, 0.2) is 24.8 Å². The Morgan fingerprint density at radius 1 is 1.44 bits per heavy atom. The third-order valence-electron chi connectivity index (χ3n) is 1.89. The smallest absolute Gasteiger partial charge is 0.333 e. The summed E-state index contributed by atoms with van der Waals surface area (Å²) >= 11 is 0. The van der Waals surface area contributed by atoms with Crippen molar-refractivity contribution < 1.29 is 14.3 Å². The zero-order valence-electron chi connectivity index (χ0n) is 9.75. The van der Waals surface area contributed by atoms with Gasteiger partial charge in [0.05, 0.1) is 6.61 Å². The lowest BCUT2D eigenvalue weighted by Crippen LogP contribution is -2.22. The molecule has 88 valence electrons. The summed E-state index contributed by atoms with van der Waals surface area (Å²) in [5, 5.41) is 2.67. The molecule has 0 spiro atoms. The average Bonchev–Trinajstić information content (AvgIpc) is 2.26. The van der Waals surface area contributed by atoms with Crippen molar-refractivity contribution in [2.45, 2.75) is 19.6 Å². The van der Waals surface area contributed by atoms with Crippen LogP contribution in [0.25, 0.3) is 0 Å². The molecule has 5 heteroatoms. The zero-order valence-corrected chi connectivity index (χ0v) is 9.75. The summed E-state index contributed by atoms with van der Waals surface area (Å²) < 4.78 is 4.91. The molecular formula is C11H18BNO3. The quantitative estimate of drug-likeness (QED) is 0.285. The molecule has 0 aliphatic rings. The number of hydrogen-bond acceptors (Lipinski definition) is 3. The molecule has 1 amide bonds. The van der Waals surface area contributed by atoms with Crippen LogP contribution in [0.5, 0.6) is 0 Å². The van der Waals surface area contributed by atoms with Crippen LogP contribution in [0.3, 0.4) is 0 Å². The minimum Gasteiger partial charge on any atom is -0.463 e. The van der Waals surface area contributed by atoms with Gasteiger partial charge < -0.3 is 10.1 Å². The van der Waals surface area contributed by atoms with E-state index in [0.29, 0.717) is 18.7 Å². The van der Waals surface area contributed by atoms with E-state index in [1.54, 1.807) is 6.92 Å². The molecule has 0 saturated heterocycles. The van der Waals surface area contributed by atoms with Crippen molar-refractivity contribution in [3.63, 3.8) is 0 Å². The molecule has 0 aromatic heterocycles. The van der Waals surface area contributed by atoms with Gasteiger partial charge in [-0.05, 0) is 19.3 Å². The lowest BCUT2D eigenvalue weighted by atomic mass is 9.71. The molecule has 0 fully saturated rings. The highest BCUT2D eigenvalue weighted by Crippen LogP contribution is 1.94. The number of carbonyl (C=O) groups is 2. The van der Waals surface area contributed by atoms with Crippen molar-refractivity contribution in [1.82, 2.24) is 5.32 Å². The molecule has 1 N–H and O–H groups in total. The number of ether oxygens (including phenoxy) is 1. The van der Waals surface area contributed by atoms with E-state index in [4.69, 9.17) is 4.74 Å². The number of carbonyl (C=O) groups excluding carboxylic acids is 2. The van der Waals surface area contributed by atoms with Crippen LogP contribution in [0.1, 0.15) is 6.92 Å². The van der Waals surface area contributed by atoms with E-state index in [0.717, 1.165) is 19.9 Å². The first-order chi connectivity index (χ1) is 7.57. The first kappa shape index (κ1) is 14.5. The molecular weight excluding hydrogens is 205 g/mol. The van der Waals surface area contributed by atoms with Gasteiger partial charge in [-0.15, -0.1) is 0 Å². The van der Waals surface area contributed by atoms with Gasteiger partial charge in [-0.2, -0.15) is 0 Å². The summed E-state index contributed by atoms with van der Waals surface area (Å²) in [5.41, 5.74) is 0.415. The van der Waals surface area contributed by atoms with Crippen molar-refractivity contribution >= 4 is 19.2 Å². The van der Waals surface area contributed by atoms with Crippen LogP contribution in [0.2, 0.25) is 12.6 Å². The van der Waals surface area contributed by atoms with Gasteiger partial charge in [0.15, 0.2) is 0 Å². The van der Waals surface area contributed by atoms with Crippen LogP contribution in [0.4, 0.5) is 0 Å². The van der Waals surface area contributed by atoms with E-state index in [1.807, 2.05) is 0 Å². The highest BCUT2D eigenvalue weighted by Gasteiger charge is 2.02. The van der Waals surface area contributed by atoms with Crippen LogP contribution in [-0.2, 0) is 14.3 Å². The van der Waals surface area contributed by atoms with Crippen molar-refractivity contribution in [1.29, 1.82) is 0 Å². The Bertz CT molecular complexity index is 276. The number of amides is 1. The van der Waals surface area contributed by atoms with E-state index in [2.05, 4.69) is 18.5 Å². The Balaban J connectivity index is 3.28. The molecule has 0 aliphatic heterocycles. The van der Waals surface area contributed by atoms with Crippen LogP contribution < -0.4 is 5.32 Å². The normalized spacial score (nSPS) is 9.06. The summed E-state index contributed by atoms with van der Waals surface area (Å²) in [4.78, 5) is 21.7. The molecule has 0 bridgehead atoms. The molecule has 0 heterocycles. The van der Waals surface area contributed by atoms with Crippen molar-refractivity contribution in [3.05, 3.63) is 24.8 Å². The molecule has 0 rings (SSSR count). The molecule has 4 nitrogen and oxygen atoms in total. The molecule has 0 atom stereocenters. The van der Waals surface area contributed by atoms with Crippen molar-refractivity contribution in [2.24, 2.45) is 0 Å². The Morgan fingerprint density at radius 2 is 2.12 bits per heavy atom. The topological polar surface area (TPSA) is 55.4 Å². The fourth-order valence-electron chi connectivity index (χ4n) is 0.976. The minimum absolute atomic E-state index is 0.159. The molecule has 0 aliphatic carbocycles. The van der Waals surface area contributed by atoms with Gasteiger partial charge >= 0.3 is 5.97 Å². The number of hydrogen-bond donors (Lipinski definition) is 1. The summed E-state index contributed by atoms with van der Waals surface area (Å²) in [7, 11) is 0.904. The summed E-state index contributed by atoms with van der Waals surface area (Å²) in [5.74, 6) is -0.506. The monoisotopic (exact) mass is 223 g/mol. The van der Waals surface area contributed by atoms with E-state index < -0.39 is 0 Å². The summed E-state index contributed by atoms with van der Waals surface area (Å²) in [6.07, 6.45) is 2.90. The lowest BCUT2D eigenvalue weighted by Gasteiger charge is -2.03. The summed E-state index contributed by atoms with van der Waals surface area (Å²) in [6, 6.07) is 0. The number of nitrogens with one attached hydrogen (secondary N) is 1. The lowest BCUT2D eigenvalue weighted by molar-refractivity contribution is -0.138. The first-order valence-corrected chi connectivity index (χ1v) is 5.31. The van der Waals surface area contributed by atoms with Crippen LogP contribution in [0, 0.1) is 0 Å². The van der Waals surface area contributed by atoms with E-state index >= 15 is 0 Å². The second kappa shape index (κ2) is 8.77. The highest BCUT2D eigenvalue weighted by atomic mass is 16.5. The molecule has 0 saturated carbocycles. The van der Waals surface area contributed by atoms with E-state index in [-0.39, 0.29) is 11.9 Å². The van der Waals surface area contributed by atoms with Gasteiger partial charge in [0.2, 0.25) is 5.91 Å². The predicted molar refractivity (Wildman–Crippen MR) is 65.7 cm³/mol. The van der Waals surface area contributed by atoms with Gasteiger partial charge in [0, 0.05) is 12.1 Å². The SMILES string of the molecule is C=CC(=O)NCCBCCOC(=O)C(=C)C. The van der Waals surface area contributed by atoms with Crippen LogP contribution in [-0.4, -0.2) is 32.3 Å². The standard InChI is InChI=1S/C11H18BNO3/c1-4-10(14)13-7-5-12-6-8-16-11(15)9(2)3/h4,12H,1-2,5-8H2,3H3,(H,13,14). The van der Waals surface area contributed by atoms with Gasteiger partial charge in [0.25, 0.3) is 0 Å². The molecule has 0 aromatic rings. The van der Waals surface area contributed by atoms with Gasteiger partial charge in [-0.25, -0.2) is 4.79 Å². The number of esters is 1. The predicted octanol–water partition coefficient (Wildman–Crippen LogP) is 0.681. The van der Waals surface area contributed by atoms with Crippen molar-refractivity contribution in [2.75, 3.05) is 13.2 Å². The van der Waals surface area contributed by atoms with E-state index in [1.165, 1.54) is 6.08 Å². The third-order valence-corrected chi connectivity index (χ3v) is 1.89. The number of rotatable bonds is 8. The maximum atomic E-state index is 11.0. The molecule has 0 radical (unpaired) electrons. The zero-order chi connectivity index (χ0) is 12.4. The van der Waals surface area contributed by atoms with Gasteiger partial charge in [-0.3, -0.25) is 4.79 Å². The molecule has 0 aromatic carbocycles. The molecule has 16 heavy (non-hydrogen) atoms. The second-order valence-electron chi connectivity index (χ2n) is 3.47. The van der Waals surface area contributed by atoms with Gasteiger partial charge in [-0.1, -0.05) is 19.5 Å². The van der Waals surface area contributed by atoms with Gasteiger partial charge in [0.1, 0.15) is 7.28 Å². The first-order valence-electron chi connectivity index (χ1n) is 5.31. The Labute approximate surface area is 97.0 Å².